The van der Waals surface area contributed by atoms with E-state index in [1.807, 2.05) is 12.1 Å². The van der Waals surface area contributed by atoms with Gasteiger partial charge in [-0.15, -0.1) is 0 Å². The van der Waals surface area contributed by atoms with Crippen molar-refractivity contribution in [2.75, 3.05) is 7.11 Å². The Kier molecular flexibility index (Phi) is 5.15. The quantitative estimate of drug-likeness (QED) is 0.573. The maximum absolute atomic E-state index is 10.8. The number of hydrogen-bond donors (Lipinski definition) is 0. The molecule has 0 aliphatic rings. The molecule has 0 spiro atoms. The van der Waals surface area contributed by atoms with Crippen molar-refractivity contribution in [1.29, 1.82) is 0 Å². The van der Waals surface area contributed by atoms with Crippen LogP contribution in [0.25, 0.3) is 0 Å². The third-order valence-corrected chi connectivity index (χ3v) is 2.19. The molecular weight excluding hydrogens is 200 g/mol. The van der Waals surface area contributed by atoms with Crippen LogP contribution < -0.4 is 0 Å². The zero-order valence-corrected chi connectivity index (χ0v) is 9.75. The molecule has 0 aliphatic heterocycles. The lowest BCUT2D eigenvalue weighted by Gasteiger charge is -1.97. The van der Waals surface area contributed by atoms with E-state index in [2.05, 4.69) is 35.6 Å². The molecule has 0 N–H and O–H groups in total. The molecule has 0 unspecified atom stereocenters. The van der Waals surface area contributed by atoms with Gasteiger partial charge in [0.1, 0.15) is 6.42 Å². The number of aryl methyl sites for hydroxylation is 1. The fourth-order valence-electron chi connectivity index (χ4n) is 1.33. The summed E-state index contributed by atoms with van der Waals surface area (Å²) in [6.07, 6.45) is 2.39. The number of carbonyl (C=O) groups is 1. The first-order chi connectivity index (χ1) is 7.76. The van der Waals surface area contributed by atoms with Crippen LogP contribution in [0.5, 0.6) is 0 Å². The van der Waals surface area contributed by atoms with Crippen molar-refractivity contribution in [3.05, 3.63) is 35.4 Å². The van der Waals surface area contributed by atoms with Crippen molar-refractivity contribution in [2.45, 2.75) is 26.2 Å². The van der Waals surface area contributed by atoms with Gasteiger partial charge >= 0.3 is 5.97 Å². The van der Waals surface area contributed by atoms with Gasteiger partial charge in [0.25, 0.3) is 0 Å². The molecule has 0 bridgehead atoms. The lowest BCUT2D eigenvalue weighted by atomic mass is 10.1. The summed E-state index contributed by atoms with van der Waals surface area (Å²) < 4.78 is 4.50. The molecule has 0 atom stereocenters. The molecule has 0 saturated heterocycles. The molecule has 0 amide bonds. The van der Waals surface area contributed by atoms with E-state index in [-0.39, 0.29) is 12.4 Å². The number of carbonyl (C=O) groups excluding carboxylic acids is 1. The number of rotatable bonds is 3. The van der Waals surface area contributed by atoms with Gasteiger partial charge in [-0.2, -0.15) is 0 Å². The predicted octanol–water partition coefficient (Wildman–Crippen LogP) is 2.55. The third-order valence-electron chi connectivity index (χ3n) is 2.19. The second-order valence-electron chi connectivity index (χ2n) is 3.50. The molecule has 84 valence electrons. The standard InChI is InChI=1S/C14H16O2/c1-3-5-12-8-10-13(11-9-12)6-4-7-14(15)16-2/h8-11H,3,5,7H2,1-2H3. The minimum atomic E-state index is -0.296. The van der Waals surface area contributed by atoms with Gasteiger partial charge in [-0.25, -0.2) is 0 Å². The van der Waals surface area contributed by atoms with E-state index in [0.29, 0.717) is 0 Å². The fourth-order valence-corrected chi connectivity index (χ4v) is 1.33. The van der Waals surface area contributed by atoms with Gasteiger partial charge in [0, 0.05) is 5.56 Å². The Hall–Kier alpha value is -1.75. The van der Waals surface area contributed by atoms with Crippen LogP contribution in [0.15, 0.2) is 24.3 Å². The first-order valence-corrected chi connectivity index (χ1v) is 5.41. The van der Waals surface area contributed by atoms with Gasteiger partial charge in [-0.3, -0.25) is 4.79 Å². The molecule has 1 aromatic carbocycles. The molecule has 2 nitrogen and oxygen atoms in total. The van der Waals surface area contributed by atoms with Gasteiger partial charge in [-0.05, 0) is 24.1 Å². The predicted molar refractivity (Wildman–Crippen MR) is 63.9 cm³/mol. The van der Waals surface area contributed by atoms with Crippen molar-refractivity contribution in [2.24, 2.45) is 0 Å². The topological polar surface area (TPSA) is 26.3 Å². The van der Waals surface area contributed by atoms with Gasteiger partial charge in [0.15, 0.2) is 0 Å². The molecule has 0 radical (unpaired) electrons. The lowest BCUT2D eigenvalue weighted by Crippen LogP contribution is -1.97. The monoisotopic (exact) mass is 216 g/mol. The van der Waals surface area contributed by atoms with Crippen LogP contribution >= 0.6 is 0 Å². The van der Waals surface area contributed by atoms with Crippen LogP contribution in [0.4, 0.5) is 0 Å². The summed E-state index contributed by atoms with van der Waals surface area (Å²) in [4.78, 5) is 10.8. The first kappa shape index (κ1) is 12.3. The first-order valence-electron chi connectivity index (χ1n) is 5.41. The Labute approximate surface area is 96.6 Å². The van der Waals surface area contributed by atoms with E-state index in [9.17, 15) is 4.79 Å². The van der Waals surface area contributed by atoms with Crippen molar-refractivity contribution in [3.63, 3.8) is 0 Å². The maximum Gasteiger partial charge on any atom is 0.317 e. The number of esters is 1. The Morgan fingerprint density at radius 2 is 2.00 bits per heavy atom. The minimum absolute atomic E-state index is 0.146. The zero-order valence-electron chi connectivity index (χ0n) is 9.75. The van der Waals surface area contributed by atoms with Crippen LogP contribution in [0.3, 0.4) is 0 Å². The number of methoxy groups -OCH3 is 1. The summed E-state index contributed by atoms with van der Waals surface area (Å²) in [5.41, 5.74) is 2.25. The van der Waals surface area contributed by atoms with Gasteiger partial charge in [0.05, 0.1) is 7.11 Å². The minimum Gasteiger partial charge on any atom is -0.468 e. The van der Waals surface area contributed by atoms with E-state index < -0.39 is 0 Å². The Morgan fingerprint density at radius 1 is 1.31 bits per heavy atom. The highest BCUT2D eigenvalue weighted by molar-refractivity contribution is 5.72. The molecule has 1 aromatic rings. The molecule has 0 aliphatic carbocycles. The Morgan fingerprint density at radius 3 is 2.56 bits per heavy atom. The summed E-state index contributed by atoms with van der Waals surface area (Å²) in [7, 11) is 1.36. The second-order valence-corrected chi connectivity index (χ2v) is 3.50. The summed E-state index contributed by atoms with van der Waals surface area (Å²) >= 11 is 0. The SMILES string of the molecule is CCCc1ccc(C#CCC(=O)OC)cc1. The van der Waals surface area contributed by atoms with E-state index in [1.165, 1.54) is 12.7 Å². The van der Waals surface area contributed by atoms with Crippen molar-refractivity contribution in [1.82, 2.24) is 0 Å². The fraction of sp³-hybridized carbons (Fsp3) is 0.357. The molecule has 0 fully saturated rings. The Bertz CT molecular complexity index is 393. The number of hydrogen-bond acceptors (Lipinski definition) is 2. The van der Waals surface area contributed by atoms with Crippen LogP contribution in [0.1, 0.15) is 30.9 Å². The van der Waals surface area contributed by atoms with Crippen LogP contribution in [0.2, 0.25) is 0 Å². The van der Waals surface area contributed by atoms with E-state index in [0.717, 1.165) is 18.4 Å². The van der Waals surface area contributed by atoms with Gasteiger partial charge in [-0.1, -0.05) is 37.3 Å². The van der Waals surface area contributed by atoms with Crippen LogP contribution in [-0.4, -0.2) is 13.1 Å². The normalized spacial score (nSPS) is 9.12. The molecule has 2 heteroatoms. The van der Waals surface area contributed by atoms with E-state index in [4.69, 9.17) is 0 Å². The summed E-state index contributed by atoms with van der Waals surface area (Å²) in [6, 6.07) is 8.11. The molecule has 16 heavy (non-hydrogen) atoms. The van der Waals surface area contributed by atoms with Crippen molar-refractivity contribution < 1.29 is 9.53 Å². The second kappa shape index (κ2) is 6.68. The summed E-state index contributed by atoms with van der Waals surface area (Å²) in [6.45, 7) is 2.16. The summed E-state index contributed by atoms with van der Waals surface area (Å²) in [5, 5.41) is 0. The van der Waals surface area contributed by atoms with Gasteiger partial charge in [0.2, 0.25) is 0 Å². The van der Waals surface area contributed by atoms with Crippen LogP contribution in [-0.2, 0) is 16.0 Å². The largest absolute Gasteiger partial charge is 0.468 e. The zero-order chi connectivity index (χ0) is 11.8. The van der Waals surface area contributed by atoms with Gasteiger partial charge < -0.3 is 4.74 Å². The summed E-state index contributed by atoms with van der Waals surface area (Å²) in [5.74, 6) is 5.41. The van der Waals surface area contributed by atoms with Crippen molar-refractivity contribution >= 4 is 5.97 Å². The maximum atomic E-state index is 10.8. The number of ether oxygens (including phenoxy) is 1. The average molecular weight is 216 g/mol. The molecule has 1 rings (SSSR count). The third kappa shape index (κ3) is 4.18. The lowest BCUT2D eigenvalue weighted by molar-refractivity contribution is -0.139. The molecule has 0 saturated carbocycles. The number of benzene rings is 1. The average Bonchev–Trinajstić information content (AvgIpc) is 2.31. The van der Waals surface area contributed by atoms with E-state index in [1.54, 1.807) is 0 Å². The highest BCUT2D eigenvalue weighted by Gasteiger charge is 1.94. The smallest absolute Gasteiger partial charge is 0.317 e. The Balaban J connectivity index is 2.57. The van der Waals surface area contributed by atoms with Crippen LogP contribution in [0, 0.1) is 11.8 Å². The molecular formula is C14H16O2. The molecule has 0 aromatic heterocycles. The molecule has 0 heterocycles. The highest BCUT2D eigenvalue weighted by Crippen LogP contribution is 2.05. The van der Waals surface area contributed by atoms with Crippen molar-refractivity contribution in [3.8, 4) is 11.8 Å². The van der Waals surface area contributed by atoms with E-state index >= 15 is 0 Å². The highest BCUT2D eigenvalue weighted by atomic mass is 16.5.